The van der Waals surface area contributed by atoms with Gasteiger partial charge in [0.15, 0.2) is 0 Å². The minimum absolute atomic E-state index is 0.120. The number of nitrogens with two attached hydrogens (primary N) is 1. The highest BCUT2D eigenvalue weighted by molar-refractivity contribution is 6.34. The van der Waals surface area contributed by atoms with Crippen LogP contribution in [0.25, 0.3) is 0 Å². The third-order valence-electron chi connectivity index (χ3n) is 3.43. The molecule has 1 fully saturated rings. The SMILES string of the molecule is NCC1(c2cc(Cl)cc(Cl)c2)CCCC1. The van der Waals surface area contributed by atoms with Crippen LogP contribution in [0, 0.1) is 0 Å². The van der Waals surface area contributed by atoms with Gasteiger partial charge >= 0.3 is 0 Å². The fourth-order valence-corrected chi connectivity index (χ4v) is 3.05. The number of hydrogen-bond donors (Lipinski definition) is 1. The van der Waals surface area contributed by atoms with E-state index in [0.717, 1.165) is 12.8 Å². The van der Waals surface area contributed by atoms with Gasteiger partial charge < -0.3 is 5.73 Å². The third kappa shape index (κ3) is 2.15. The van der Waals surface area contributed by atoms with Crippen LogP contribution in [-0.4, -0.2) is 6.54 Å². The summed E-state index contributed by atoms with van der Waals surface area (Å²) >= 11 is 12.0. The molecule has 0 amide bonds. The monoisotopic (exact) mass is 243 g/mol. The molecular weight excluding hydrogens is 229 g/mol. The van der Waals surface area contributed by atoms with Gasteiger partial charge in [-0.25, -0.2) is 0 Å². The van der Waals surface area contributed by atoms with E-state index in [0.29, 0.717) is 16.6 Å². The van der Waals surface area contributed by atoms with Gasteiger partial charge in [-0.1, -0.05) is 36.0 Å². The predicted octanol–water partition coefficient (Wildman–Crippen LogP) is 3.76. The molecule has 3 heteroatoms. The van der Waals surface area contributed by atoms with Crippen molar-refractivity contribution >= 4 is 23.2 Å². The molecule has 0 heterocycles. The van der Waals surface area contributed by atoms with Gasteiger partial charge in [0, 0.05) is 22.0 Å². The lowest BCUT2D eigenvalue weighted by Gasteiger charge is -2.28. The maximum absolute atomic E-state index is 6.02. The molecule has 0 atom stereocenters. The largest absolute Gasteiger partial charge is 0.330 e. The van der Waals surface area contributed by atoms with Gasteiger partial charge in [-0.2, -0.15) is 0 Å². The minimum Gasteiger partial charge on any atom is -0.330 e. The van der Waals surface area contributed by atoms with E-state index >= 15 is 0 Å². The van der Waals surface area contributed by atoms with Crippen molar-refractivity contribution in [2.24, 2.45) is 5.73 Å². The van der Waals surface area contributed by atoms with Crippen molar-refractivity contribution in [2.45, 2.75) is 31.1 Å². The number of rotatable bonds is 2. The van der Waals surface area contributed by atoms with Crippen molar-refractivity contribution in [3.05, 3.63) is 33.8 Å². The van der Waals surface area contributed by atoms with E-state index in [1.807, 2.05) is 12.1 Å². The highest BCUT2D eigenvalue weighted by atomic mass is 35.5. The molecule has 1 aromatic rings. The predicted molar refractivity (Wildman–Crippen MR) is 65.7 cm³/mol. The highest BCUT2D eigenvalue weighted by Gasteiger charge is 2.34. The molecule has 0 bridgehead atoms. The van der Waals surface area contributed by atoms with Crippen LogP contribution in [0.2, 0.25) is 10.0 Å². The minimum atomic E-state index is 0.120. The van der Waals surface area contributed by atoms with E-state index in [-0.39, 0.29) is 5.41 Å². The zero-order valence-electron chi connectivity index (χ0n) is 8.60. The Hall–Kier alpha value is -0.240. The van der Waals surface area contributed by atoms with Crippen LogP contribution in [0.4, 0.5) is 0 Å². The molecule has 1 nitrogen and oxygen atoms in total. The first-order valence-corrected chi connectivity index (χ1v) is 6.08. The molecule has 0 spiro atoms. The van der Waals surface area contributed by atoms with Gasteiger partial charge in [0.05, 0.1) is 0 Å². The Kier molecular flexibility index (Phi) is 3.24. The van der Waals surface area contributed by atoms with E-state index in [1.54, 1.807) is 6.07 Å². The normalized spacial score (nSPS) is 19.4. The van der Waals surface area contributed by atoms with E-state index in [4.69, 9.17) is 28.9 Å². The fourth-order valence-electron chi connectivity index (χ4n) is 2.52. The Labute approximate surface area is 101 Å². The second-order valence-electron chi connectivity index (χ2n) is 4.35. The van der Waals surface area contributed by atoms with Crippen molar-refractivity contribution in [1.29, 1.82) is 0 Å². The first-order chi connectivity index (χ1) is 7.16. The van der Waals surface area contributed by atoms with Gasteiger partial charge in [0.2, 0.25) is 0 Å². The lowest BCUT2D eigenvalue weighted by molar-refractivity contribution is 0.453. The summed E-state index contributed by atoms with van der Waals surface area (Å²) in [6, 6.07) is 5.78. The summed E-state index contributed by atoms with van der Waals surface area (Å²) in [5.41, 5.74) is 7.24. The summed E-state index contributed by atoms with van der Waals surface area (Å²) < 4.78 is 0. The molecule has 1 saturated carbocycles. The summed E-state index contributed by atoms with van der Waals surface area (Å²) in [6.07, 6.45) is 4.81. The van der Waals surface area contributed by atoms with Gasteiger partial charge in [-0.15, -0.1) is 0 Å². The van der Waals surface area contributed by atoms with Crippen LogP contribution in [0.1, 0.15) is 31.2 Å². The van der Waals surface area contributed by atoms with Crippen molar-refractivity contribution in [2.75, 3.05) is 6.54 Å². The molecule has 2 rings (SSSR count). The maximum Gasteiger partial charge on any atom is 0.0423 e. The van der Waals surface area contributed by atoms with Gasteiger partial charge in [-0.3, -0.25) is 0 Å². The van der Waals surface area contributed by atoms with E-state index in [2.05, 4.69) is 0 Å². The summed E-state index contributed by atoms with van der Waals surface area (Å²) in [4.78, 5) is 0. The van der Waals surface area contributed by atoms with Crippen molar-refractivity contribution in [3.8, 4) is 0 Å². The topological polar surface area (TPSA) is 26.0 Å². The number of halogens is 2. The van der Waals surface area contributed by atoms with Gasteiger partial charge in [0.1, 0.15) is 0 Å². The second kappa shape index (κ2) is 4.32. The van der Waals surface area contributed by atoms with Crippen molar-refractivity contribution in [1.82, 2.24) is 0 Å². The molecule has 0 aliphatic heterocycles. The Morgan fingerprint density at radius 2 is 1.60 bits per heavy atom. The highest BCUT2D eigenvalue weighted by Crippen LogP contribution is 2.41. The van der Waals surface area contributed by atoms with Crippen LogP contribution < -0.4 is 5.73 Å². The number of hydrogen-bond acceptors (Lipinski definition) is 1. The molecule has 0 unspecified atom stereocenters. The Morgan fingerprint density at radius 3 is 2.07 bits per heavy atom. The van der Waals surface area contributed by atoms with Gasteiger partial charge in [-0.05, 0) is 36.6 Å². The van der Waals surface area contributed by atoms with Crippen LogP contribution in [-0.2, 0) is 5.41 Å². The zero-order chi connectivity index (χ0) is 10.9. The van der Waals surface area contributed by atoms with Crippen LogP contribution >= 0.6 is 23.2 Å². The van der Waals surface area contributed by atoms with E-state index < -0.39 is 0 Å². The van der Waals surface area contributed by atoms with Crippen LogP contribution in [0.3, 0.4) is 0 Å². The van der Waals surface area contributed by atoms with Crippen LogP contribution in [0.5, 0.6) is 0 Å². The summed E-state index contributed by atoms with van der Waals surface area (Å²) in [5.74, 6) is 0. The lowest BCUT2D eigenvalue weighted by atomic mass is 9.79. The average molecular weight is 244 g/mol. The first-order valence-electron chi connectivity index (χ1n) is 5.33. The average Bonchev–Trinajstić information content (AvgIpc) is 2.65. The Morgan fingerprint density at radius 1 is 1.07 bits per heavy atom. The van der Waals surface area contributed by atoms with Gasteiger partial charge in [0.25, 0.3) is 0 Å². The molecule has 82 valence electrons. The number of benzene rings is 1. The molecule has 0 aromatic heterocycles. The molecule has 0 saturated heterocycles. The molecule has 0 radical (unpaired) electrons. The first kappa shape index (κ1) is 11.3. The lowest BCUT2D eigenvalue weighted by Crippen LogP contribution is -2.31. The molecule has 1 aliphatic carbocycles. The second-order valence-corrected chi connectivity index (χ2v) is 5.22. The van der Waals surface area contributed by atoms with E-state index in [1.165, 1.54) is 18.4 Å². The Bertz CT molecular complexity index is 336. The van der Waals surface area contributed by atoms with Crippen molar-refractivity contribution < 1.29 is 0 Å². The molecule has 1 aliphatic rings. The molecular formula is C12H15Cl2N. The maximum atomic E-state index is 6.02. The molecule has 2 N–H and O–H groups in total. The fraction of sp³-hybridized carbons (Fsp3) is 0.500. The molecule has 1 aromatic carbocycles. The summed E-state index contributed by atoms with van der Waals surface area (Å²) in [7, 11) is 0. The summed E-state index contributed by atoms with van der Waals surface area (Å²) in [6.45, 7) is 0.684. The van der Waals surface area contributed by atoms with Crippen LogP contribution in [0.15, 0.2) is 18.2 Å². The standard InChI is InChI=1S/C12H15Cl2N/c13-10-5-9(6-11(14)7-10)12(8-15)3-1-2-4-12/h5-7H,1-4,8,15H2. The zero-order valence-corrected chi connectivity index (χ0v) is 10.1. The Balaban J connectivity index is 2.42. The third-order valence-corrected chi connectivity index (χ3v) is 3.86. The summed E-state index contributed by atoms with van der Waals surface area (Å²) in [5, 5.41) is 1.41. The van der Waals surface area contributed by atoms with Crippen molar-refractivity contribution in [3.63, 3.8) is 0 Å². The van der Waals surface area contributed by atoms with E-state index in [9.17, 15) is 0 Å². The quantitative estimate of drug-likeness (QED) is 0.842. The molecule has 15 heavy (non-hydrogen) atoms. The smallest absolute Gasteiger partial charge is 0.0423 e.